The van der Waals surface area contributed by atoms with Gasteiger partial charge in [-0.05, 0) is 24.6 Å². The Balaban J connectivity index is 2.18. The number of halogens is 1. The van der Waals surface area contributed by atoms with Crippen molar-refractivity contribution in [2.24, 2.45) is 0 Å². The lowest BCUT2D eigenvalue weighted by atomic mass is 10.3. The van der Waals surface area contributed by atoms with Gasteiger partial charge in [0.05, 0.1) is 19.0 Å². The number of nitrogens with one attached hydrogen (secondary N) is 1. The minimum atomic E-state index is 0.404. The Morgan fingerprint density at radius 2 is 2.18 bits per heavy atom. The zero-order chi connectivity index (χ0) is 15.9. The number of anilines is 3. The molecule has 1 aromatic carbocycles. The summed E-state index contributed by atoms with van der Waals surface area (Å²) in [6.45, 7) is 3.08. The smallest absolute Gasteiger partial charge is 0.249 e. The summed E-state index contributed by atoms with van der Waals surface area (Å²) in [6, 6.07) is 5.31. The van der Waals surface area contributed by atoms with Gasteiger partial charge in [0.15, 0.2) is 5.82 Å². The number of unbranched alkanes of at least 4 members (excludes halogenated alkanes) is 1. The van der Waals surface area contributed by atoms with E-state index in [4.69, 9.17) is 16.3 Å². The largest absolute Gasteiger partial charge is 0.495 e. The van der Waals surface area contributed by atoms with E-state index in [1.165, 1.54) is 0 Å². The molecule has 6 nitrogen and oxygen atoms in total. The topological polar surface area (TPSA) is 63.2 Å². The first-order valence-electron chi connectivity index (χ1n) is 7.15. The summed E-state index contributed by atoms with van der Waals surface area (Å²) in [7, 11) is 3.59. The normalized spacial score (nSPS) is 10.4. The highest BCUT2D eigenvalue weighted by atomic mass is 35.5. The first-order valence-corrected chi connectivity index (χ1v) is 7.53. The van der Waals surface area contributed by atoms with Gasteiger partial charge < -0.3 is 15.0 Å². The average molecular weight is 322 g/mol. The van der Waals surface area contributed by atoms with E-state index < -0.39 is 0 Å². The van der Waals surface area contributed by atoms with Crippen molar-refractivity contribution in [2.75, 3.05) is 30.9 Å². The van der Waals surface area contributed by atoms with Gasteiger partial charge in [0, 0.05) is 18.6 Å². The van der Waals surface area contributed by atoms with Gasteiger partial charge in [-0.3, -0.25) is 0 Å². The lowest BCUT2D eigenvalue weighted by Crippen LogP contribution is -2.20. The highest BCUT2D eigenvalue weighted by Gasteiger charge is 2.09. The fourth-order valence-corrected chi connectivity index (χ4v) is 2.11. The summed E-state index contributed by atoms with van der Waals surface area (Å²) in [5.41, 5.74) is 0.699. The van der Waals surface area contributed by atoms with Crippen molar-refractivity contribution < 1.29 is 4.74 Å². The molecule has 2 aromatic rings. The SMILES string of the molecule is CCCCN(C)c1cnnc(Nc2cc(Cl)ccc2OC)n1. The van der Waals surface area contributed by atoms with Crippen molar-refractivity contribution >= 4 is 29.1 Å². The number of methoxy groups -OCH3 is 1. The molecule has 0 aliphatic rings. The van der Waals surface area contributed by atoms with Gasteiger partial charge in [0.1, 0.15) is 5.75 Å². The van der Waals surface area contributed by atoms with Crippen LogP contribution in [-0.2, 0) is 0 Å². The predicted molar refractivity (Wildman–Crippen MR) is 89.3 cm³/mol. The van der Waals surface area contributed by atoms with Crippen LogP contribution in [0, 0.1) is 0 Å². The summed E-state index contributed by atoms with van der Waals surface area (Å²) in [6.07, 6.45) is 3.88. The van der Waals surface area contributed by atoms with E-state index in [0.717, 1.165) is 25.2 Å². The Morgan fingerprint density at radius 1 is 1.36 bits per heavy atom. The number of hydrogen-bond acceptors (Lipinski definition) is 6. The molecule has 1 aromatic heterocycles. The van der Waals surface area contributed by atoms with Gasteiger partial charge in [0.25, 0.3) is 0 Å². The molecule has 0 atom stereocenters. The lowest BCUT2D eigenvalue weighted by Gasteiger charge is -2.17. The summed E-state index contributed by atoms with van der Waals surface area (Å²) < 4.78 is 5.30. The second kappa shape index (κ2) is 7.79. The zero-order valence-corrected chi connectivity index (χ0v) is 13.8. The van der Waals surface area contributed by atoms with Crippen LogP contribution >= 0.6 is 11.6 Å². The highest BCUT2D eigenvalue weighted by molar-refractivity contribution is 6.30. The minimum absolute atomic E-state index is 0.404. The quantitative estimate of drug-likeness (QED) is 0.842. The Kier molecular flexibility index (Phi) is 5.77. The van der Waals surface area contributed by atoms with Crippen LogP contribution in [0.2, 0.25) is 5.02 Å². The highest BCUT2D eigenvalue weighted by Crippen LogP contribution is 2.29. The zero-order valence-electron chi connectivity index (χ0n) is 13.0. The second-order valence-corrected chi connectivity index (χ2v) is 5.32. The van der Waals surface area contributed by atoms with E-state index in [2.05, 4.69) is 32.3 Å². The molecule has 1 N–H and O–H groups in total. The number of rotatable bonds is 7. The molecule has 0 saturated heterocycles. The van der Waals surface area contributed by atoms with Crippen LogP contribution in [0.1, 0.15) is 19.8 Å². The first-order chi connectivity index (χ1) is 10.6. The van der Waals surface area contributed by atoms with Crippen molar-refractivity contribution in [1.29, 1.82) is 0 Å². The van der Waals surface area contributed by atoms with Crippen LogP contribution in [0.25, 0.3) is 0 Å². The molecule has 0 aliphatic heterocycles. The third-order valence-electron chi connectivity index (χ3n) is 3.19. The molecule has 0 bridgehead atoms. The summed E-state index contributed by atoms with van der Waals surface area (Å²) in [4.78, 5) is 6.52. The maximum Gasteiger partial charge on any atom is 0.249 e. The van der Waals surface area contributed by atoms with Crippen LogP contribution in [-0.4, -0.2) is 35.9 Å². The van der Waals surface area contributed by atoms with Crippen molar-refractivity contribution in [3.05, 3.63) is 29.4 Å². The van der Waals surface area contributed by atoms with Crippen LogP contribution in [0.4, 0.5) is 17.5 Å². The van der Waals surface area contributed by atoms with Crippen LogP contribution in [0.3, 0.4) is 0 Å². The number of ether oxygens (including phenoxy) is 1. The fraction of sp³-hybridized carbons (Fsp3) is 0.400. The van der Waals surface area contributed by atoms with E-state index >= 15 is 0 Å². The molecule has 0 saturated carbocycles. The molecular weight excluding hydrogens is 302 g/mol. The molecule has 2 rings (SSSR count). The maximum atomic E-state index is 6.02. The number of aromatic nitrogens is 3. The maximum absolute atomic E-state index is 6.02. The van der Waals surface area contributed by atoms with Gasteiger partial charge in [-0.15, -0.1) is 5.10 Å². The molecular formula is C15H20ClN5O. The third-order valence-corrected chi connectivity index (χ3v) is 3.43. The third kappa shape index (κ3) is 4.21. The average Bonchev–Trinajstić information content (AvgIpc) is 2.53. The number of hydrogen-bond donors (Lipinski definition) is 1. The summed E-state index contributed by atoms with van der Waals surface area (Å²) in [5, 5.41) is 11.7. The molecule has 0 aliphatic carbocycles. The van der Waals surface area contributed by atoms with Crippen LogP contribution in [0.5, 0.6) is 5.75 Å². The van der Waals surface area contributed by atoms with Crippen molar-refractivity contribution in [2.45, 2.75) is 19.8 Å². The summed E-state index contributed by atoms with van der Waals surface area (Å²) >= 11 is 6.02. The Morgan fingerprint density at radius 3 is 2.91 bits per heavy atom. The molecule has 7 heteroatoms. The minimum Gasteiger partial charge on any atom is -0.495 e. The van der Waals surface area contributed by atoms with Gasteiger partial charge in [-0.25, -0.2) is 0 Å². The van der Waals surface area contributed by atoms with Gasteiger partial charge in [0.2, 0.25) is 5.95 Å². The first kappa shape index (κ1) is 16.3. The number of benzene rings is 1. The predicted octanol–water partition coefficient (Wildman–Crippen LogP) is 3.51. The van der Waals surface area contributed by atoms with Crippen molar-refractivity contribution in [3.8, 4) is 5.75 Å². The second-order valence-electron chi connectivity index (χ2n) is 4.88. The van der Waals surface area contributed by atoms with E-state index in [9.17, 15) is 0 Å². The summed E-state index contributed by atoms with van der Waals surface area (Å²) in [5.74, 6) is 1.84. The molecule has 0 amide bonds. The molecule has 0 fully saturated rings. The Bertz CT molecular complexity index is 623. The van der Waals surface area contributed by atoms with Crippen LogP contribution in [0.15, 0.2) is 24.4 Å². The van der Waals surface area contributed by atoms with Crippen molar-refractivity contribution in [3.63, 3.8) is 0 Å². The fourth-order valence-electron chi connectivity index (χ4n) is 1.94. The molecule has 0 radical (unpaired) electrons. The molecule has 118 valence electrons. The van der Waals surface area contributed by atoms with E-state index in [0.29, 0.717) is 22.4 Å². The monoisotopic (exact) mass is 321 g/mol. The van der Waals surface area contributed by atoms with Gasteiger partial charge in [-0.2, -0.15) is 10.1 Å². The molecule has 0 spiro atoms. The van der Waals surface area contributed by atoms with Crippen molar-refractivity contribution in [1.82, 2.24) is 15.2 Å². The van der Waals surface area contributed by atoms with Gasteiger partial charge >= 0.3 is 0 Å². The molecule has 1 heterocycles. The molecule has 0 unspecified atom stereocenters. The number of nitrogens with zero attached hydrogens (tertiary/aromatic N) is 4. The van der Waals surface area contributed by atoms with E-state index in [1.54, 1.807) is 31.5 Å². The standard InChI is InChI=1S/C15H20ClN5O/c1-4-5-8-21(2)14-10-17-20-15(19-14)18-12-9-11(16)6-7-13(12)22-3/h6-7,9-10H,4-5,8H2,1-3H3,(H,18,19,20). The Labute approximate surface area is 135 Å². The Hall–Kier alpha value is -2.08. The van der Waals surface area contributed by atoms with Crippen LogP contribution < -0.4 is 15.0 Å². The molecule has 22 heavy (non-hydrogen) atoms. The van der Waals surface area contributed by atoms with Gasteiger partial charge in [-0.1, -0.05) is 24.9 Å². The lowest BCUT2D eigenvalue weighted by molar-refractivity contribution is 0.417. The van der Waals surface area contributed by atoms with E-state index in [-0.39, 0.29) is 0 Å². The van der Waals surface area contributed by atoms with E-state index in [1.807, 2.05) is 7.05 Å².